The summed E-state index contributed by atoms with van der Waals surface area (Å²) in [6.07, 6.45) is 3.17. The van der Waals surface area contributed by atoms with Crippen LogP contribution in [-0.2, 0) is 11.3 Å². The second kappa shape index (κ2) is 8.47. The van der Waals surface area contributed by atoms with Gasteiger partial charge in [-0.25, -0.2) is 0 Å². The van der Waals surface area contributed by atoms with E-state index in [9.17, 15) is 14.9 Å². The molecule has 0 fully saturated rings. The Balaban J connectivity index is 2.57. The number of rotatable bonds is 9. The quantitative estimate of drug-likeness (QED) is 0.528. The molecule has 1 heterocycles. The molecule has 0 aromatic carbocycles. The molecule has 8 nitrogen and oxygen atoms in total. The minimum atomic E-state index is -0.441. The molecule has 1 aromatic rings. The summed E-state index contributed by atoms with van der Waals surface area (Å²) in [4.78, 5) is 22.4. The third kappa shape index (κ3) is 4.80. The van der Waals surface area contributed by atoms with E-state index >= 15 is 0 Å². The molecule has 0 radical (unpaired) electrons. The predicted octanol–water partition coefficient (Wildman–Crippen LogP) is 1.43. The van der Waals surface area contributed by atoms with Gasteiger partial charge in [-0.05, 0) is 20.3 Å². The molecule has 22 heavy (non-hydrogen) atoms. The normalized spacial score (nSPS) is 12.2. The first-order valence-corrected chi connectivity index (χ1v) is 7.58. The van der Waals surface area contributed by atoms with Crippen LogP contribution in [0.4, 0.5) is 5.69 Å². The SMILES string of the molecule is CCCCC(CN)NC(=O)CCn1nc(C)c([N+](=O)[O-])c1C. The number of unbranched alkanes of at least 4 members (excludes halogenated alkanes) is 1. The maximum Gasteiger partial charge on any atom is 0.312 e. The molecule has 0 saturated carbocycles. The fourth-order valence-corrected chi connectivity index (χ4v) is 2.38. The highest BCUT2D eigenvalue weighted by Crippen LogP contribution is 2.21. The lowest BCUT2D eigenvalue weighted by Crippen LogP contribution is -2.40. The molecule has 1 atom stereocenters. The molecule has 0 aliphatic heterocycles. The average Bonchev–Trinajstić information content (AvgIpc) is 2.75. The topological polar surface area (TPSA) is 116 Å². The second-order valence-corrected chi connectivity index (χ2v) is 5.39. The highest BCUT2D eigenvalue weighted by atomic mass is 16.6. The summed E-state index contributed by atoms with van der Waals surface area (Å²) in [5.74, 6) is -0.109. The Hall–Kier alpha value is -1.96. The Morgan fingerprint density at radius 2 is 2.18 bits per heavy atom. The molecule has 0 aliphatic rings. The number of hydrogen-bond donors (Lipinski definition) is 2. The Labute approximate surface area is 130 Å². The van der Waals surface area contributed by atoms with E-state index in [0.29, 0.717) is 24.5 Å². The molecule has 0 spiro atoms. The lowest BCUT2D eigenvalue weighted by Gasteiger charge is -2.16. The van der Waals surface area contributed by atoms with Gasteiger partial charge < -0.3 is 11.1 Å². The second-order valence-electron chi connectivity index (χ2n) is 5.39. The molecular weight excluding hydrogens is 286 g/mol. The Morgan fingerprint density at radius 1 is 1.50 bits per heavy atom. The fraction of sp³-hybridized carbons (Fsp3) is 0.714. The molecule has 124 valence electrons. The third-order valence-electron chi connectivity index (χ3n) is 3.63. The zero-order chi connectivity index (χ0) is 16.7. The van der Waals surface area contributed by atoms with Gasteiger partial charge in [0.1, 0.15) is 11.4 Å². The van der Waals surface area contributed by atoms with Gasteiger partial charge in [-0.3, -0.25) is 19.6 Å². The van der Waals surface area contributed by atoms with Crippen molar-refractivity contribution >= 4 is 11.6 Å². The van der Waals surface area contributed by atoms with E-state index in [1.807, 2.05) is 0 Å². The Morgan fingerprint density at radius 3 is 2.68 bits per heavy atom. The molecule has 8 heteroatoms. The fourth-order valence-electron chi connectivity index (χ4n) is 2.38. The van der Waals surface area contributed by atoms with E-state index in [4.69, 9.17) is 5.73 Å². The van der Waals surface area contributed by atoms with Gasteiger partial charge in [-0.15, -0.1) is 0 Å². The molecule has 1 unspecified atom stereocenters. The van der Waals surface area contributed by atoms with Crippen LogP contribution >= 0.6 is 0 Å². The van der Waals surface area contributed by atoms with Crippen molar-refractivity contribution in [2.75, 3.05) is 6.54 Å². The first kappa shape index (κ1) is 18.1. The van der Waals surface area contributed by atoms with Crippen molar-refractivity contribution in [3.8, 4) is 0 Å². The molecule has 0 aliphatic carbocycles. The van der Waals surface area contributed by atoms with Crippen LogP contribution in [0.25, 0.3) is 0 Å². The highest BCUT2D eigenvalue weighted by molar-refractivity contribution is 5.76. The van der Waals surface area contributed by atoms with E-state index in [2.05, 4.69) is 17.3 Å². The molecule has 0 bridgehead atoms. The molecule has 3 N–H and O–H groups in total. The van der Waals surface area contributed by atoms with Crippen LogP contribution < -0.4 is 11.1 Å². The average molecular weight is 311 g/mol. The Kier molecular flexibility index (Phi) is 6.97. The molecule has 1 rings (SSSR count). The lowest BCUT2D eigenvalue weighted by atomic mass is 10.1. The minimum absolute atomic E-state index is 0.0118. The summed E-state index contributed by atoms with van der Waals surface area (Å²) < 4.78 is 1.51. The number of carbonyl (C=O) groups excluding carboxylic acids is 1. The molecule has 1 aromatic heterocycles. The largest absolute Gasteiger partial charge is 0.352 e. The number of hydrogen-bond acceptors (Lipinski definition) is 5. The first-order chi connectivity index (χ1) is 10.4. The summed E-state index contributed by atoms with van der Waals surface area (Å²) in [5.41, 5.74) is 6.49. The summed E-state index contributed by atoms with van der Waals surface area (Å²) in [5, 5.41) is 18.0. The standard InChI is InChI=1S/C14H25N5O3/c1-4-5-6-12(9-15)16-13(20)7-8-18-11(3)14(19(21)22)10(2)17-18/h12H,4-9,15H2,1-3H3,(H,16,20). The van der Waals surface area contributed by atoms with Crippen molar-refractivity contribution in [1.82, 2.24) is 15.1 Å². The van der Waals surface area contributed by atoms with Gasteiger partial charge >= 0.3 is 5.69 Å². The van der Waals surface area contributed by atoms with Gasteiger partial charge in [-0.1, -0.05) is 19.8 Å². The number of nitro groups is 1. The Bertz CT molecular complexity index is 527. The lowest BCUT2D eigenvalue weighted by molar-refractivity contribution is -0.386. The first-order valence-electron chi connectivity index (χ1n) is 7.58. The maximum absolute atomic E-state index is 11.9. The van der Waals surface area contributed by atoms with Crippen LogP contribution in [0.1, 0.15) is 44.0 Å². The van der Waals surface area contributed by atoms with Crippen LogP contribution in [0.2, 0.25) is 0 Å². The van der Waals surface area contributed by atoms with Crippen molar-refractivity contribution in [3.05, 3.63) is 21.5 Å². The van der Waals surface area contributed by atoms with Gasteiger partial charge in [-0.2, -0.15) is 5.10 Å². The van der Waals surface area contributed by atoms with Crippen molar-refractivity contribution in [1.29, 1.82) is 0 Å². The van der Waals surface area contributed by atoms with Crippen LogP contribution in [0, 0.1) is 24.0 Å². The van der Waals surface area contributed by atoms with E-state index in [0.717, 1.165) is 19.3 Å². The van der Waals surface area contributed by atoms with Crippen molar-refractivity contribution in [2.45, 2.75) is 59.0 Å². The number of nitrogens with two attached hydrogens (primary N) is 1. The van der Waals surface area contributed by atoms with Crippen molar-refractivity contribution < 1.29 is 9.72 Å². The minimum Gasteiger partial charge on any atom is -0.352 e. The van der Waals surface area contributed by atoms with Crippen LogP contribution in [0.3, 0.4) is 0 Å². The van der Waals surface area contributed by atoms with Gasteiger partial charge in [0.05, 0.1) is 11.5 Å². The molecular formula is C14H25N5O3. The van der Waals surface area contributed by atoms with Gasteiger partial charge in [0.2, 0.25) is 5.91 Å². The van der Waals surface area contributed by atoms with Gasteiger partial charge in [0, 0.05) is 19.0 Å². The van der Waals surface area contributed by atoms with E-state index in [-0.39, 0.29) is 24.1 Å². The smallest absolute Gasteiger partial charge is 0.312 e. The summed E-state index contributed by atoms with van der Waals surface area (Å²) in [7, 11) is 0. The van der Waals surface area contributed by atoms with Crippen LogP contribution in [-0.4, -0.2) is 33.2 Å². The predicted molar refractivity (Wildman–Crippen MR) is 83.5 cm³/mol. The zero-order valence-electron chi connectivity index (χ0n) is 13.5. The van der Waals surface area contributed by atoms with Crippen LogP contribution in [0.5, 0.6) is 0 Å². The van der Waals surface area contributed by atoms with E-state index < -0.39 is 4.92 Å². The molecule has 1 amide bonds. The van der Waals surface area contributed by atoms with Crippen LogP contribution in [0.15, 0.2) is 0 Å². The van der Waals surface area contributed by atoms with E-state index in [1.54, 1.807) is 13.8 Å². The number of carbonyl (C=O) groups is 1. The highest BCUT2D eigenvalue weighted by Gasteiger charge is 2.22. The number of aromatic nitrogens is 2. The monoisotopic (exact) mass is 311 g/mol. The van der Waals surface area contributed by atoms with Gasteiger partial charge in [0.15, 0.2) is 0 Å². The third-order valence-corrected chi connectivity index (χ3v) is 3.63. The van der Waals surface area contributed by atoms with Crippen molar-refractivity contribution in [2.24, 2.45) is 5.73 Å². The van der Waals surface area contributed by atoms with Gasteiger partial charge in [0.25, 0.3) is 0 Å². The van der Waals surface area contributed by atoms with Crippen molar-refractivity contribution in [3.63, 3.8) is 0 Å². The number of aryl methyl sites for hydroxylation is 2. The summed E-state index contributed by atoms with van der Waals surface area (Å²) in [6.45, 7) is 6.05. The number of nitrogens with one attached hydrogen (secondary N) is 1. The number of nitrogens with zero attached hydrogens (tertiary/aromatic N) is 3. The number of amides is 1. The summed E-state index contributed by atoms with van der Waals surface area (Å²) in [6, 6.07) is -0.0118. The van der Waals surface area contributed by atoms with E-state index in [1.165, 1.54) is 4.68 Å². The summed E-state index contributed by atoms with van der Waals surface area (Å²) >= 11 is 0. The zero-order valence-corrected chi connectivity index (χ0v) is 13.5. The maximum atomic E-state index is 11.9. The molecule has 0 saturated heterocycles.